The third-order valence-corrected chi connectivity index (χ3v) is 4.73. The first-order valence-electron chi connectivity index (χ1n) is 8.10. The number of amides is 2. The van der Waals surface area contributed by atoms with Crippen LogP contribution in [0.3, 0.4) is 0 Å². The van der Waals surface area contributed by atoms with Gasteiger partial charge >= 0.3 is 6.03 Å². The predicted molar refractivity (Wildman–Crippen MR) is 101 cm³/mol. The van der Waals surface area contributed by atoms with Crippen LogP contribution >= 0.6 is 15.9 Å². The van der Waals surface area contributed by atoms with E-state index in [0.29, 0.717) is 29.5 Å². The van der Waals surface area contributed by atoms with Crippen LogP contribution in [-0.4, -0.2) is 23.7 Å². The number of benzene rings is 2. The molecule has 26 heavy (non-hydrogen) atoms. The Hall–Kier alpha value is -2.67. The molecule has 0 saturated carbocycles. The number of nitrogens with one attached hydrogen (secondary N) is 2. The molecule has 1 atom stereocenters. The molecule has 0 radical (unpaired) electrons. The number of rotatable bonds is 2. The Morgan fingerprint density at radius 1 is 1.23 bits per heavy atom. The Kier molecular flexibility index (Phi) is 4.46. The van der Waals surface area contributed by atoms with E-state index in [1.165, 1.54) is 0 Å². The molecular weight excluding hydrogens is 401 g/mol. The van der Waals surface area contributed by atoms with Gasteiger partial charge in [0.2, 0.25) is 0 Å². The summed E-state index contributed by atoms with van der Waals surface area (Å²) in [6.07, 6.45) is 3.42. The minimum Gasteiger partial charge on any atom is -0.491 e. The van der Waals surface area contributed by atoms with Crippen LogP contribution in [0, 0.1) is 5.82 Å². The highest BCUT2D eigenvalue weighted by Gasteiger charge is 2.21. The predicted octanol–water partition coefficient (Wildman–Crippen LogP) is 4.26. The van der Waals surface area contributed by atoms with Crippen molar-refractivity contribution in [3.8, 4) is 5.75 Å². The van der Waals surface area contributed by atoms with Gasteiger partial charge in [0.1, 0.15) is 18.2 Å². The maximum absolute atomic E-state index is 13.8. The van der Waals surface area contributed by atoms with Gasteiger partial charge in [-0.3, -0.25) is 4.98 Å². The van der Waals surface area contributed by atoms with Crippen LogP contribution in [0.25, 0.3) is 10.8 Å². The molecule has 1 aliphatic rings. The van der Waals surface area contributed by atoms with Gasteiger partial charge in [-0.15, -0.1) is 0 Å². The van der Waals surface area contributed by atoms with Crippen LogP contribution in [0.1, 0.15) is 5.56 Å². The minimum atomic E-state index is -0.422. The molecule has 1 aliphatic heterocycles. The molecule has 3 aromatic rings. The molecule has 5 nitrogen and oxygen atoms in total. The summed E-state index contributed by atoms with van der Waals surface area (Å²) in [7, 11) is 0. The summed E-state index contributed by atoms with van der Waals surface area (Å²) in [5, 5.41) is 6.73. The molecule has 4 rings (SSSR count). The van der Waals surface area contributed by atoms with Crippen molar-refractivity contribution < 1.29 is 13.9 Å². The summed E-state index contributed by atoms with van der Waals surface area (Å²) in [5.74, 6) is 0.416. The summed E-state index contributed by atoms with van der Waals surface area (Å²) in [6.45, 7) is 0.403. The van der Waals surface area contributed by atoms with Gasteiger partial charge in [-0.1, -0.05) is 22.0 Å². The number of aromatic nitrogens is 1. The van der Waals surface area contributed by atoms with Crippen molar-refractivity contribution in [1.29, 1.82) is 0 Å². The number of hydrogen-bond acceptors (Lipinski definition) is 3. The van der Waals surface area contributed by atoms with E-state index in [2.05, 4.69) is 31.5 Å². The second kappa shape index (κ2) is 6.92. The highest BCUT2D eigenvalue weighted by Crippen LogP contribution is 2.28. The monoisotopic (exact) mass is 415 g/mol. The molecule has 0 bridgehead atoms. The van der Waals surface area contributed by atoms with Crippen LogP contribution in [0.15, 0.2) is 53.3 Å². The molecule has 0 aliphatic carbocycles. The first kappa shape index (κ1) is 16.8. The minimum absolute atomic E-state index is 0.141. The summed E-state index contributed by atoms with van der Waals surface area (Å²) >= 11 is 3.44. The number of ether oxygens (including phenoxy) is 1. The van der Waals surface area contributed by atoms with Gasteiger partial charge in [0.15, 0.2) is 0 Å². The van der Waals surface area contributed by atoms with Gasteiger partial charge in [0, 0.05) is 27.1 Å². The first-order chi connectivity index (χ1) is 12.6. The Bertz CT molecular complexity index is 996. The fraction of sp³-hybridized carbons (Fsp3) is 0.158. The average molecular weight is 416 g/mol. The van der Waals surface area contributed by atoms with E-state index in [9.17, 15) is 9.18 Å². The van der Waals surface area contributed by atoms with Gasteiger partial charge in [0.25, 0.3) is 0 Å². The van der Waals surface area contributed by atoms with Crippen LogP contribution in [0.4, 0.5) is 14.9 Å². The number of nitrogens with zero attached hydrogens (tertiary/aromatic N) is 1. The Morgan fingerprint density at radius 2 is 2.12 bits per heavy atom. The number of fused-ring (bicyclic) bond motifs is 2. The van der Waals surface area contributed by atoms with Crippen LogP contribution in [-0.2, 0) is 6.42 Å². The molecule has 2 heterocycles. The number of pyridine rings is 1. The zero-order valence-corrected chi connectivity index (χ0v) is 15.2. The largest absolute Gasteiger partial charge is 0.491 e. The maximum atomic E-state index is 13.8. The molecule has 0 spiro atoms. The second-order valence-corrected chi connectivity index (χ2v) is 7.04. The van der Waals surface area contributed by atoms with Crippen LogP contribution < -0.4 is 15.4 Å². The van der Waals surface area contributed by atoms with Crippen molar-refractivity contribution in [1.82, 2.24) is 10.3 Å². The average Bonchev–Trinajstić information content (AvgIpc) is 2.62. The van der Waals surface area contributed by atoms with E-state index in [4.69, 9.17) is 4.74 Å². The summed E-state index contributed by atoms with van der Waals surface area (Å²) in [5.41, 5.74) is 1.55. The van der Waals surface area contributed by atoms with Gasteiger partial charge in [-0.05, 0) is 42.3 Å². The lowest BCUT2D eigenvalue weighted by Gasteiger charge is -2.26. The number of halogens is 2. The zero-order chi connectivity index (χ0) is 18.1. The lowest BCUT2D eigenvalue weighted by molar-refractivity contribution is 0.222. The Balaban J connectivity index is 1.44. The third kappa shape index (κ3) is 3.48. The van der Waals surface area contributed by atoms with Gasteiger partial charge in [-0.2, -0.15) is 0 Å². The lowest BCUT2D eigenvalue weighted by atomic mass is 10.0. The fourth-order valence-corrected chi connectivity index (χ4v) is 3.42. The number of hydrogen-bond donors (Lipinski definition) is 2. The van der Waals surface area contributed by atoms with Crippen molar-refractivity contribution >= 4 is 38.4 Å². The Labute approximate surface area is 157 Å². The molecule has 1 unspecified atom stereocenters. The molecule has 1 aromatic heterocycles. The highest BCUT2D eigenvalue weighted by atomic mass is 79.9. The van der Waals surface area contributed by atoms with E-state index in [1.807, 2.05) is 18.2 Å². The van der Waals surface area contributed by atoms with E-state index >= 15 is 0 Å². The molecule has 7 heteroatoms. The van der Waals surface area contributed by atoms with E-state index in [0.717, 1.165) is 22.0 Å². The highest BCUT2D eigenvalue weighted by molar-refractivity contribution is 9.10. The molecule has 2 N–H and O–H groups in total. The first-order valence-corrected chi connectivity index (χ1v) is 8.90. The number of carbonyl (C=O) groups is 1. The van der Waals surface area contributed by atoms with Crippen LogP contribution in [0.2, 0.25) is 0 Å². The quantitative estimate of drug-likeness (QED) is 0.656. The lowest BCUT2D eigenvalue weighted by Crippen LogP contribution is -2.44. The van der Waals surface area contributed by atoms with Crippen molar-refractivity contribution in [2.75, 3.05) is 11.9 Å². The maximum Gasteiger partial charge on any atom is 0.319 e. The van der Waals surface area contributed by atoms with Crippen molar-refractivity contribution in [3.63, 3.8) is 0 Å². The summed E-state index contributed by atoms with van der Waals surface area (Å²) in [6, 6.07) is 10.4. The standard InChI is InChI=1S/C19H15BrFN3O2/c20-13-2-4-18-12(5-13)6-15(10-26-18)24-19(25)23-14-3-1-11-8-22-9-17(21)16(11)7-14/h1-5,7-9,15H,6,10H2,(H2,23,24,25). The van der Waals surface area contributed by atoms with Crippen molar-refractivity contribution in [2.45, 2.75) is 12.5 Å². The normalized spacial score (nSPS) is 15.8. The molecular formula is C19H15BrFN3O2. The van der Waals surface area contributed by atoms with Crippen molar-refractivity contribution in [2.24, 2.45) is 0 Å². The Morgan fingerprint density at radius 3 is 3.00 bits per heavy atom. The summed E-state index contributed by atoms with van der Waals surface area (Å²) < 4.78 is 20.5. The number of carbonyl (C=O) groups excluding carboxylic acids is 1. The fourth-order valence-electron chi connectivity index (χ4n) is 3.01. The van der Waals surface area contributed by atoms with E-state index in [1.54, 1.807) is 24.4 Å². The third-order valence-electron chi connectivity index (χ3n) is 4.23. The zero-order valence-electron chi connectivity index (χ0n) is 13.6. The molecule has 0 fully saturated rings. The van der Waals surface area contributed by atoms with Gasteiger partial charge in [-0.25, -0.2) is 9.18 Å². The topological polar surface area (TPSA) is 63.2 Å². The van der Waals surface area contributed by atoms with E-state index < -0.39 is 5.82 Å². The van der Waals surface area contributed by atoms with E-state index in [-0.39, 0.29) is 12.1 Å². The SMILES string of the molecule is O=C(Nc1ccc2cncc(F)c2c1)NC1COc2ccc(Br)cc2C1. The number of urea groups is 1. The van der Waals surface area contributed by atoms with Crippen LogP contribution in [0.5, 0.6) is 5.75 Å². The van der Waals surface area contributed by atoms with Gasteiger partial charge < -0.3 is 15.4 Å². The smallest absolute Gasteiger partial charge is 0.319 e. The second-order valence-electron chi connectivity index (χ2n) is 6.12. The molecule has 2 aromatic carbocycles. The molecule has 2 amide bonds. The molecule has 132 valence electrons. The molecule has 0 saturated heterocycles. The summed E-state index contributed by atoms with van der Waals surface area (Å²) in [4.78, 5) is 16.1. The van der Waals surface area contributed by atoms with Crippen molar-refractivity contribution in [3.05, 3.63) is 64.6 Å². The van der Waals surface area contributed by atoms with Gasteiger partial charge in [0.05, 0.1) is 12.2 Å². The number of anilines is 1.